The first-order valence-corrected chi connectivity index (χ1v) is 6.79. The lowest BCUT2D eigenvalue weighted by Crippen LogP contribution is -2.39. The standard InChI is InChI=1S/C14H18N2O5/c1-21-13-8-11(16(19)20)2-3-12(13)14(18)15-6-4-10(9-17)5-7-15/h2-3,8,10,17H,4-7,9H2,1H3. The van der Waals surface area contributed by atoms with Crippen LogP contribution in [0.25, 0.3) is 0 Å². The number of hydrogen-bond acceptors (Lipinski definition) is 5. The van der Waals surface area contributed by atoms with E-state index in [4.69, 9.17) is 9.84 Å². The number of benzene rings is 1. The van der Waals surface area contributed by atoms with Crippen molar-refractivity contribution < 1.29 is 19.6 Å². The fourth-order valence-electron chi connectivity index (χ4n) is 2.46. The van der Waals surface area contributed by atoms with Crippen molar-refractivity contribution in [3.8, 4) is 5.75 Å². The van der Waals surface area contributed by atoms with Gasteiger partial charge in [0.2, 0.25) is 0 Å². The predicted molar refractivity (Wildman–Crippen MR) is 75.4 cm³/mol. The minimum Gasteiger partial charge on any atom is -0.496 e. The Bertz CT molecular complexity index is 538. The largest absolute Gasteiger partial charge is 0.496 e. The third-order valence-corrected chi connectivity index (χ3v) is 3.79. The number of nitro benzene ring substituents is 1. The second kappa shape index (κ2) is 6.53. The zero-order valence-electron chi connectivity index (χ0n) is 11.8. The number of piperidine rings is 1. The highest BCUT2D eigenvalue weighted by Crippen LogP contribution is 2.27. The number of likely N-dealkylation sites (tertiary alicyclic amines) is 1. The third-order valence-electron chi connectivity index (χ3n) is 3.79. The maximum atomic E-state index is 12.5. The molecule has 1 amide bonds. The van der Waals surface area contributed by atoms with Gasteiger partial charge in [0.1, 0.15) is 5.75 Å². The lowest BCUT2D eigenvalue weighted by Gasteiger charge is -2.31. The van der Waals surface area contributed by atoms with Crippen LogP contribution >= 0.6 is 0 Å². The first-order chi connectivity index (χ1) is 10.1. The Balaban J connectivity index is 2.17. The lowest BCUT2D eigenvalue weighted by molar-refractivity contribution is -0.384. The van der Waals surface area contributed by atoms with Crippen LogP contribution < -0.4 is 4.74 Å². The van der Waals surface area contributed by atoms with Gasteiger partial charge in [-0.15, -0.1) is 0 Å². The molecule has 1 N–H and O–H groups in total. The summed E-state index contributed by atoms with van der Waals surface area (Å²) >= 11 is 0. The van der Waals surface area contributed by atoms with Crippen LogP contribution in [0.5, 0.6) is 5.75 Å². The highest BCUT2D eigenvalue weighted by molar-refractivity contribution is 5.97. The third kappa shape index (κ3) is 3.30. The number of amides is 1. The van der Waals surface area contributed by atoms with E-state index in [9.17, 15) is 14.9 Å². The van der Waals surface area contributed by atoms with E-state index < -0.39 is 4.92 Å². The Morgan fingerprint density at radius 3 is 2.67 bits per heavy atom. The Kier molecular flexibility index (Phi) is 4.74. The van der Waals surface area contributed by atoms with Gasteiger partial charge < -0.3 is 14.7 Å². The van der Waals surface area contributed by atoms with Crippen molar-refractivity contribution in [1.82, 2.24) is 4.90 Å². The summed E-state index contributed by atoms with van der Waals surface area (Å²) in [7, 11) is 1.38. The second-order valence-electron chi connectivity index (χ2n) is 5.06. The van der Waals surface area contributed by atoms with Gasteiger partial charge in [0, 0.05) is 25.8 Å². The molecule has 0 radical (unpaired) electrons. The number of nitro groups is 1. The zero-order chi connectivity index (χ0) is 15.4. The first kappa shape index (κ1) is 15.2. The van der Waals surface area contributed by atoms with Crippen molar-refractivity contribution in [2.75, 3.05) is 26.8 Å². The van der Waals surface area contributed by atoms with Crippen molar-refractivity contribution in [3.05, 3.63) is 33.9 Å². The first-order valence-electron chi connectivity index (χ1n) is 6.79. The molecule has 1 aliphatic heterocycles. The molecule has 1 saturated heterocycles. The Morgan fingerprint density at radius 1 is 1.48 bits per heavy atom. The molecule has 1 fully saturated rings. The summed E-state index contributed by atoms with van der Waals surface area (Å²) in [5.41, 5.74) is 0.216. The molecule has 0 atom stereocenters. The molecule has 2 rings (SSSR count). The van der Waals surface area contributed by atoms with Crippen LogP contribution in [0.4, 0.5) is 5.69 Å². The van der Waals surface area contributed by atoms with Crippen molar-refractivity contribution in [2.24, 2.45) is 5.92 Å². The number of ether oxygens (including phenoxy) is 1. The van der Waals surface area contributed by atoms with E-state index >= 15 is 0 Å². The molecule has 114 valence electrons. The predicted octanol–water partition coefficient (Wildman–Crippen LogP) is 1.45. The lowest BCUT2D eigenvalue weighted by atomic mass is 9.97. The zero-order valence-corrected chi connectivity index (χ0v) is 11.8. The average Bonchev–Trinajstić information content (AvgIpc) is 2.53. The van der Waals surface area contributed by atoms with Gasteiger partial charge in [0.15, 0.2) is 0 Å². The molecule has 1 aromatic carbocycles. The number of carbonyl (C=O) groups is 1. The van der Waals surface area contributed by atoms with E-state index in [0.717, 1.165) is 12.8 Å². The van der Waals surface area contributed by atoms with E-state index in [0.29, 0.717) is 18.7 Å². The van der Waals surface area contributed by atoms with Crippen LogP contribution in [0.1, 0.15) is 23.2 Å². The average molecular weight is 294 g/mol. The van der Waals surface area contributed by atoms with Gasteiger partial charge >= 0.3 is 0 Å². The summed E-state index contributed by atoms with van der Waals surface area (Å²) in [6, 6.07) is 3.99. The molecule has 0 unspecified atom stereocenters. The van der Waals surface area contributed by atoms with Crippen LogP contribution in [-0.4, -0.2) is 47.6 Å². The highest BCUT2D eigenvalue weighted by Gasteiger charge is 2.26. The summed E-state index contributed by atoms with van der Waals surface area (Å²) in [6.07, 6.45) is 1.52. The molecule has 0 aliphatic carbocycles. The topological polar surface area (TPSA) is 92.9 Å². The molecule has 21 heavy (non-hydrogen) atoms. The van der Waals surface area contributed by atoms with Gasteiger partial charge in [-0.2, -0.15) is 0 Å². The Labute approximate surface area is 122 Å². The summed E-state index contributed by atoms with van der Waals surface area (Å²) in [6.45, 7) is 1.29. The molecule has 1 aromatic rings. The molecule has 7 heteroatoms. The van der Waals surface area contributed by atoms with E-state index in [-0.39, 0.29) is 29.9 Å². The summed E-state index contributed by atoms with van der Waals surface area (Å²) in [5, 5.41) is 19.9. The molecule has 0 saturated carbocycles. The molecule has 0 bridgehead atoms. The highest BCUT2D eigenvalue weighted by atomic mass is 16.6. The summed E-state index contributed by atoms with van der Waals surface area (Å²) in [5.74, 6) is 0.254. The van der Waals surface area contributed by atoms with Gasteiger partial charge in [-0.25, -0.2) is 0 Å². The van der Waals surface area contributed by atoms with E-state index in [2.05, 4.69) is 0 Å². The molecular formula is C14H18N2O5. The monoisotopic (exact) mass is 294 g/mol. The molecule has 1 heterocycles. The van der Waals surface area contributed by atoms with Gasteiger partial charge in [-0.3, -0.25) is 14.9 Å². The molecule has 1 aliphatic rings. The van der Waals surface area contributed by atoms with Crippen molar-refractivity contribution in [2.45, 2.75) is 12.8 Å². The van der Waals surface area contributed by atoms with E-state index in [1.165, 1.54) is 25.3 Å². The fraction of sp³-hybridized carbons (Fsp3) is 0.500. The smallest absolute Gasteiger partial charge is 0.273 e. The number of nitrogens with zero attached hydrogens (tertiary/aromatic N) is 2. The van der Waals surface area contributed by atoms with Crippen LogP contribution in [0.2, 0.25) is 0 Å². The van der Waals surface area contributed by atoms with Gasteiger partial charge in [-0.05, 0) is 24.8 Å². The normalized spacial score (nSPS) is 15.8. The van der Waals surface area contributed by atoms with Gasteiger partial charge in [-0.1, -0.05) is 0 Å². The van der Waals surface area contributed by atoms with Gasteiger partial charge in [0.05, 0.1) is 23.7 Å². The number of carbonyl (C=O) groups excluding carboxylic acids is 1. The molecular weight excluding hydrogens is 276 g/mol. The van der Waals surface area contributed by atoms with Crippen molar-refractivity contribution >= 4 is 11.6 Å². The molecule has 0 spiro atoms. The number of hydrogen-bond donors (Lipinski definition) is 1. The van der Waals surface area contributed by atoms with Crippen LogP contribution in [-0.2, 0) is 0 Å². The number of non-ortho nitro benzene ring substituents is 1. The molecule has 7 nitrogen and oxygen atoms in total. The SMILES string of the molecule is COc1cc([N+](=O)[O-])ccc1C(=O)N1CCC(CO)CC1. The quantitative estimate of drug-likeness (QED) is 0.670. The number of aliphatic hydroxyl groups is 1. The van der Waals surface area contributed by atoms with Crippen molar-refractivity contribution in [1.29, 1.82) is 0 Å². The maximum Gasteiger partial charge on any atom is 0.273 e. The van der Waals surface area contributed by atoms with E-state index in [1.54, 1.807) is 4.90 Å². The number of aliphatic hydroxyl groups excluding tert-OH is 1. The summed E-state index contributed by atoms with van der Waals surface area (Å²) < 4.78 is 5.10. The van der Waals surface area contributed by atoms with E-state index in [1.807, 2.05) is 0 Å². The minimum absolute atomic E-state index is 0.109. The molecule has 0 aromatic heterocycles. The second-order valence-corrected chi connectivity index (χ2v) is 5.06. The Morgan fingerprint density at radius 2 is 2.14 bits per heavy atom. The maximum absolute atomic E-state index is 12.5. The minimum atomic E-state index is -0.524. The Hall–Kier alpha value is -2.15. The van der Waals surface area contributed by atoms with Crippen LogP contribution in [0.3, 0.4) is 0 Å². The van der Waals surface area contributed by atoms with Crippen LogP contribution in [0, 0.1) is 16.0 Å². The van der Waals surface area contributed by atoms with Crippen molar-refractivity contribution in [3.63, 3.8) is 0 Å². The number of methoxy groups -OCH3 is 1. The number of rotatable bonds is 4. The summed E-state index contributed by atoms with van der Waals surface area (Å²) in [4.78, 5) is 24.4. The van der Waals surface area contributed by atoms with Crippen LogP contribution in [0.15, 0.2) is 18.2 Å². The van der Waals surface area contributed by atoms with Gasteiger partial charge in [0.25, 0.3) is 11.6 Å². The fourth-order valence-corrected chi connectivity index (χ4v) is 2.46.